The second kappa shape index (κ2) is 20.1. The molecule has 0 saturated carbocycles. The monoisotopic (exact) mass is 990 g/mol. The third kappa shape index (κ3) is 13.8. The third-order valence-corrected chi connectivity index (χ3v) is 11.3. The molecule has 28 heteroatoms. The quantitative estimate of drug-likeness (QED) is 0.0905. The van der Waals surface area contributed by atoms with Crippen molar-refractivity contribution in [3.05, 3.63) is 95.0 Å². The summed E-state index contributed by atoms with van der Waals surface area (Å²) in [5, 5.41) is 1.11. The van der Waals surface area contributed by atoms with Crippen LogP contribution in [0.3, 0.4) is 0 Å². The number of hydrogen-bond acceptors (Lipinski definition) is 13. The number of hydrogen-bond donors (Lipinski definition) is 2. The van der Waals surface area contributed by atoms with Gasteiger partial charge in [-0.15, -0.1) is 3.63 Å². The lowest BCUT2D eigenvalue weighted by molar-refractivity contribution is -0.0586. The summed E-state index contributed by atoms with van der Waals surface area (Å²) < 4.78 is 187. The van der Waals surface area contributed by atoms with Gasteiger partial charge in [-0.3, -0.25) is 4.72 Å². The van der Waals surface area contributed by atoms with Crippen molar-refractivity contribution < 1.29 is 82.0 Å². The number of nitrogen functional groups attached to an aromatic ring is 1. The summed E-state index contributed by atoms with van der Waals surface area (Å²) in [5.74, 6) is 0.805. The fraction of sp³-hybridized carbons (Fsp3) is 0.235. The second-order valence-electron chi connectivity index (χ2n) is 11.7. The molecule has 0 aliphatic carbocycles. The van der Waals surface area contributed by atoms with Crippen molar-refractivity contribution in [3.8, 4) is 22.9 Å². The Morgan fingerprint density at radius 1 is 0.597 bits per heavy atom. The summed E-state index contributed by atoms with van der Waals surface area (Å²) in [6.07, 6.45) is 2.56. The molecule has 14 nitrogen and oxygen atoms in total. The van der Waals surface area contributed by atoms with Crippen molar-refractivity contribution in [1.82, 2.24) is 9.97 Å². The molecule has 1 fully saturated rings. The Kier molecular flexibility index (Phi) is 16.7. The zero-order chi connectivity index (χ0) is 45.6. The molecule has 3 heterocycles. The highest BCUT2D eigenvalue weighted by Gasteiger charge is 2.57. The fourth-order valence-electron chi connectivity index (χ4n) is 4.27. The van der Waals surface area contributed by atoms with E-state index in [1.165, 1.54) is 41.8 Å². The van der Waals surface area contributed by atoms with Crippen molar-refractivity contribution in [2.45, 2.75) is 36.8 Å². The molecule has 6 aromatic rings. The van der Waals surface area contributed by atoms with Crippen LogP contribution in [0.2, 0.25) is 10.0 Å². The van der Waals surface area contributed by atoms with Crippen molar-refractivity contribution in [2.75, 3.05) is 23.7 Å². The first-order chi connectivity index (χ1) is 28.1. The Balaban J connectivity index is 0.000000239. The summed E-state index contributed by atoms with van der Waals surface area (Å²) in [5.41, 5.74) is -7.91. The molecule has 0 unspecified atom stereocenters. The molecule has 3 N–H and O–H groups in total. The molecule has 0 atom stereocenters. The highest BCUT2D eigenvalue weighted by molar-refractivity contribution is 8.00. The normalized spacial score (nSPS) is 13.5. The topological polar surface area (TPSA) is 211 Å². The number of oxazole rings is 2. The van der Waals surface area contributed by atoms with Crippen LogP contribution in [0, 0.1) is 0 Å². The van der Waals surface area contributed by atoms with E-state index in [9.17, 15) is 64.8 Å². The first-order valence-corrected chi connectivity index (χ1v) is 21.2. The number of ether oxygens (including phenoxy) is 1. The number of nitrogens with two attached hydrogens (primary N) is 1. The van der Waals surface area contributed by atoms with Crippen LogP contribution in [0.4, 0.5) is 50.9 Å². The molecule has 340 valence electrons. The molecule has 1 aliphatic rings. The zero-order valence-corrected chi connectivity index (χ0v) is 33.8. The molecule has 2 aromatic heterocycles. The van der Waals surface area contributed by atoms with E-state index in [4.69, 9.17) is 42.5 Å². The molecule has 62 heavy (non-hydrogen) atoms. The number of anilines is 2. The van der Waals surface area contributed by atoms with Crippen LogP contribution >= 0.6 is 23.2 Å². The van der Waals surface area contributed by atoms with E-state index in [-0.39, 0.29) is 19.0 Å². The molecule has 0 radical (unpaired) electrons. The van der Waals surface area contributed by atoms with E-state index in [2.05, 4.69) is 9.97 Å². The van der Waals surface area contributed by atoms with E-state index < -0.39 is 46.8 Å². The Bertz CT molecular complexity index is 2730. The van der Waals surface area contributed by atoms with Crippen LogP contribution in [-0.4, -0.2) is 65.0 Å². The maximum absolute atomic E-state index is 12.3. The molecule has 4 aromatic carbocycles. The van der Waals surface area contributed by atoms with Gasteiger partial charge < -0.3 is 19.3 Å². The SMILES string of the molecule is C.C1CCOC1.Nc1ccc(-c2nc3ccc(Cl)cc3o2)cc1.O=S(=O)(Nc1ccc(-c2nc3ccc(Cl)cc3o2)cc1)C(F)(F)F.O=S(=O)(OS(=O)(=O)C(F)(F)F)C(F)(F)F. The Morgan fingerprint density at radius 3 is 1.32 bits per heavy atom. The van der Waals surface area contributed by atoms with Gasteiger partial charge in [0, 0.05) is 57.9 Å². The van der Waals surface area contributed by atoms with Crippen LogP contribution in [0.5, 0.6) is 0 Å². The Hall–Kier alpha value is -4.86. The number of nitrogens with one attached hydrogen (secondary N) is 1. The van der Waals surface area contributed by atoms with Gasteiger partial charge in [-0.05, 0) is 85.6 Å². The van der Waals surface area contributed by atoms with Crippen molar-refractivity contribution >= 4 is 87.0 Å². The summed E-state index contributed by atoms with van der Waals surface area (Å²) in [6, 6.07) is 22.8. The standard InChI is InChI=1S/C14H8ClF3N2O3S.C13H9ClN2O.C4H8O.C2F6O5S2.CH4/c15-9-3-6-11-12(7-9)23-13(19-11)8-1-4-10(5-2-8)20-24(21,22)14(16,17)18;14-9-3-6-11-12(7-9)17-13(16-11)8-1-4-10(15)5-2-8;1-2-4-5-3-1;3-1(4,5)14(9,10)13-15(11,12)2(6,7)8;/h1-7,20H;1-7H,15H2;1-4H2;;1H4. The highest BCUT2D eigenvalue weighted by atomic mass is 35.5. The maximum atomic E-state index is 12.3. The van der Waals surface area contributed by atoms with Gasteiger partial charge in [0.1, 0.15) is 11.0 Å². The van der Waals surface area contributed by atoms with Crippen molar-refractivity contribution in [3.63, 3.8) is 0 Å². The zero-order valence-electron chi connectivity index (χ0n) is 29.8. The van der Waals surface area contributed by atoms with Crippen LogP contribution in [0.15, 0.2) is 93.8 Å². The molecular formula is C34H29Cl2F9N4O10S3. The summed E-state index contributed by atoms with van der Waals surface area (Å²) in [7, 11) is -19.2. The van der Waals surface area contributed by atoms with Gasteiger partial charge in [0.05, 0.1) is 0 Å². The van der Waals surface area contributed by atoms with Crippen molar-refractivity contribution in [2.24, 2.45) is 0 Å². The number of sulfonamides is 1. The number of benzene rings is 4. The van der Waals surface area contributed by atoms with E-state index >= 15 is 0 Å². The van der Waals surface area contributed by atoms with Gasteiger partial charge in [-0.25, -0.2) is 9.97 Å². The lowest BCUT2D eigenvalue weighted by atomic mass is 10.2. The number of aromatic nitrogens is 2. The average Bonchev–Trinajstić information content (AvgIpc) is 3.93. The fourth-order valence-corrected chi connectivity index (χ4v) is 6.72. The predicted molar refractivity (Wildman–Crippen MR) is 210 cm³/mol. The summed E-state index contributed by atoms with van der Waals surface area (Å²) in [6.45, 7) is 2.00. The summed E-state index contributed by atoms with van der Waals surface area (Å²) >= 11 is 11.7. The largest absolute Gasteiger partial charge is 0.524 e. The van der Waals surface area contributed by atoms with Gasteiger partial charge in [0.15, 0.2) is 11.2 Å². The third-order valence-electron chi connectivity index (χ3n) is 7.12. The number of rotatable bonds is 6. The number of halogens is 11. The minimum Gasteiger partial charge on any atom is -0.436 e. The van der Waals surface area contributed by atoms with Gasteiger partial charge in [-0.1, -0.05) is 30.6 Å². The minimum absolute atomic E-state index is 0. The van der Waals surface area contributed by atoms with Gasteiger partial charge in [0.2, 0.25) is 11.8 Å². The summed E-state index contributed by atoms with van der Waals surface area (Å²) in [4.78, 5) is 8.61. The lowest BCUT2D eigenvalue weighted by Crippen LogP contribution is -2.34. The average molecular weight is 992 g/mol. The predicted octanol–water partition coefficient (Wildman–Crippen LogP) is 10.3. The van der Waals surface area contributed by atoms with E-state index in [1.54, 1.807) is 30.3 Å². The van der Waals surface area contributed by atoms with Gasteiger partial charge in [0.25, 0.3) is 0 Å². The van der Waals surface area contributed by atoms with Gasteiger partial charge in [-0.2, -0.15) is 64.8 Å². The number of nitrogens with zero attached hydrogens (tertiary/aromatic N) is 2. The van der Waals surface area contributed by atoms with E-state index in [1.807, 2.05) is 34.0 Å². The number of fused-ring (bicyclic) bond motifs is 2. The second-order valence-corrected chi connectivity index (χ2v) is 17.5. The van der Waals surface area contributed by atoms with Crippen molar-refractivity contribution in [1.29, 1.82) is 0 Å². The van der Waals surface area contributed by atoms with Crippen LogP contribution in [0.1, 0.15) is 20.3 Å². The molecule has 7 rings (SSSR count). The molecule has 1 saturated heterocycles. The first kappa shape index (κ1) is 51.5. The molecule has 0 spiro atoms. The smallest absolute Gasteiger partial charge is 0.436 e. The Morgan fingerprint density at radius 2 is 0.984 bits per heavy atom. The van der Waals surface area contributed by atoms with Crippen LogP contribution < -0.4 is 10.5 Å². The first-order valence-electron chi connectivity index (χ1n) is 16.2. The van der Waals surface area contributed by atoms with Crippen LogP contribution in [-0.2, 0) is 38.6 Å². The maximum Gasteiger partial charge on any atom is 0.524 e. The van der Waals surface area contributed by atoms with E-state index in [0.29, 0.717) is 43.9 Å². The molecule has 1 aliphatic heterocycles. The van der Waals surface area contributed by atoms with Crippen LogP contribution in [0.25, 0.3) is 45.1 Å². The molecule has 0 bridgehead atoms. The minimum atomic E-state index is -6.85. The molecular weight excluding hydrogens is 962 g/mol. The van der Waals surface area contributed by atoms with Gasteiger partial charge >= 0.3 is 46.8 Å². The number of alkyl halides is 9. The van der Waals surface area contributed by atoms with E-state index in [0.717, 1.165) is 24.3 Å². The Labute approximate surface area is 356 Å². The lowest BCUT2D eigenvalue weighted by Gasteiger charge is -2.10. The molecule has 0 amide bonds. The highest BCUT2D eigenvalue weighted by Crippen LogP contribution is 2.33.